The van der Waals surface area contributed by atoms with Gasteiger partial charge >= 0.3 is 0 Å². The molecule has 2 aromatic heterocycles. The van der Waals surface area contributed by atoms with Gasteiger partial charge in [0.25, 0.3) is 5.56 Å². The number of carbonyl (C=O) groups is 2. The molecule has 2 amide bonds. The minimum Gasteiger partial charge on any atom is -0.340 e. The number of fused-ring (bicyclic) bond motifs is 1. The average molecular weight is 361 g/mol. The normalized spacial score (nSPS) is 14.7. The van der Waals surface area contributed by atoms with Crippen molar-refractivity contribution in [1.82, 2.24) is 24.4 Å². The van der Waals surface area contributed by atoms with E-state index in [0.717, 1.165) is 31.1 Å². The lowest BCUT2D eigenvalue weighted by molar-refractivity contribution is -0.124. The van der Waals surface area contributed by atoms with E-state index in [0.29, 0.717) is 18.0 Å². The van der Waals surface area contributed by atoms with E-state index in [9.17, 15) is 14.4 Å². The van der Waals surface area contributed by atoms with Crippen LogP contribution in [-0.2, 0) is 23.2 Å². The van der Waals surface area contributed by atoms with Gasteiger partial charge in [0.15, 0.2) is 11.2 Å². The SMILES string of the molecule is CCn1c(N2CCNCC2)nc2nc(N(C(C)=O)C(C)=O)n(C)c(=O)c21. The van der Waals surface area contributed by atoms with Crippen molar-refractivity contribution >= 4 is 34.9 Å². The highest BCUT2D eigenvalue weighted by Crippen LogP contribution is 2.22. The molecule has 26 heavy (non-hydrogen) atoms. The fourth-order valence-electron chi connectivity index (χ4n) is 3.25. The highest BCUT2D eigenvalue weighted by molar-refractivity contribution is 6.12. The number of rotatable bonds is 3. The number of hydrogen-bond donors (Lipinski definition) is 1. The number of imidazole rings is 1. The van der Waals surface area contributed by atoms with Gasteiger partial charge in [-0.1, -0.05) is 0 Å². The van der Waals surface area contributed by atoms with Crippen LogP contribution in [0.15, 0.2) is 4.79 Å². The fraction of sp³-hybridized carbons (Fsp3) is 0.562. The lowest BCUT2D eigenvalue weighted by Crippen LogP contribution is -2.44. The molecule has 0 spiro atoms. The van der Waals surface area contributed by atoms with E-state index >= 15 is 0 Å². The van der Waals surface area contributed by atoms with Crippen molar-refractivity contribution < 1.29 is 9.59 Å². The number of nitrogens with one attached hydrogen (secondary N) is 1. The number of aromatic nitrogens is 4. The molecule has 0 radical (unpaired) electrons. The monoisotopic (exact) mass is 361 g/mol. The summed E-state index contributed by atoms with van der Waals surface area (Å²) in [7, 11) is 1.50. The van der Waals surface area contributed by atoms with Gasteiger partial charge in [-0.15, -0.1) is 0 Å². The van der Waals surface area contributed by atoms with Crippen LogP contribution in [0.2, 0.25) is 0 Å². The maximum absolute atomic E-state index is 13.0. The molecular weight excluding hydrogens is 338 g/mol. The van der Waals surface area contributed by atoms with Crippen LogP contribution in [0.25, 0.3) is 11.2 Å². The van der Waals surface area contributed by atoms with Crippen molar-refractivity contribution in [2.45, 2.75) is 27.3 Å². The number of hydrogen-bond acceptors (Lipinski definition) is 7. The Hall–Kier alpha value is -2.75. The van der Waals surface area contributed by atoms with E-state index in [1.54, 1.807) is 0 Å². The first kappa shape index (κ1) is 18.1. The van der Waals surface area contributed by atoms with Crippen LogP contribution in [0.4, 0.5) is 11.9 Å². The molecule has 0 aliphatic carbocycles. The van der Waals surface area contributed by atoms with Crippen LogP contribution in [0.3, 0.4) is 0 Å². The van der Waals surface area contributed by atoms with Crippen LogP contribution in [0.5, 0.6) is 0 Å². The van der Waals surface area contributed by atoms with Crippen LogP contribution < -0.4 is 20.7 Å². The summed E-state index contributed by atoms with van der Waals surface area (Å²) in [5.41, 5.74) is 0.276. The van der Waals surface area contributed by atoms with Crippen molar-refractivity contribution in [2.75, 3.05) is 36.0 Å². The van der Waals surface area contributed by atoms with Gasteiger partial charge in [-0.3, -0.25) is 19.0 Å². The number of imide groups is 1. The zero-order valence-electron chi connectivity index (χ0n) is 15.4. The predicted molar refractivity (Wildman–Crippen MR) is 97.4 cm³/mol. The van der Waals surface area contributed by atoms with E-state index in [4.69, 9.17) is 0 Å². The second-order valence-electron chi connectivity index (χ2n) is 6.21. The van der Waals surface area contributed by atoms with Gasteiger partial charge in [0.05, 0.1) is 0 Å². The summed E-state index contributed by atoms with van der Waals surface area (Å²) in [4.78, 5) is 48.6. The zero-order valence-corrected chi connectivity index (χ0v) is 15.4. The number of amides is 2. The first-order valence-corrected chi connectivity index (χ1v) is 8.61. The van der Waals surface area contributed by atoms with Gasteiger partial charge in [0.2, 0.25) is 23.7 Å². The van der Waals surface area contributed by atoms with Gasteiger partial charge in [0.1, 0.15) is 0 Å². The van der Waals surface area contributed by atoms with Crippen LogP contribution in [0, 0.1) is 0 Å². The maximum atomic E-state index is 13.0. The van der Waals surface area contributed by atoms with E-state index in [-0.39, 0.29) is 17.2 Å². The molecule has 10 heteroatoms. The molecule has 0 bridgehead atoms. The summed E-state index contributed by atoms with van der Waals surface area (Å²) < 4.78 is 3.06. The van der Waals surface area contributed by atoms with Crippen molar-refractivity contribution in [1.29, 1.82) is 0 Å². The lowest BCUT2D eigenvalue weighted by Gasteiger charge is -2.28. The zero-order chi connectivity index (χ0) is 19.0. The molecule has 1 aliphatic rings. The van der Waals surface area contributed by atoms with E-state index in [1.165, 1.54) is 25.5 Å². The predicted octanol–water partition coefficient (Wildman–Crippen LogP) is -0.541. The van der Waals surface area contributed by atoms with Gasteiger partial charge < -0.3 is 14.8 Å². The molecule has 1 aliphatic heterocycles. The number of piperazine rings is 1. The van der Waals surface area contributed by atoms with Crippen molar-refractivity contribution in [2.24, 2.45) is 7.05 Å². The molecule has 3 heterocycles. The molecule has 1 saturated heterocycles. The van der Waals surface area contributed by atoms with Crippen molar-refractivity contribution in [3.8, 4) is 0 Å². The van der Waals surface area contributed by atoms with Gasteiger partial charge in [-0.25, -0.2) is 4.90 Å². The third-order valence-electron chi connectivity index (χ3n) is 4.49. The second-order valence-corrected chi connectivity index (χ2v) is 6.21. The van der Waals surface area contributed by atoms with Crippen LogP contribution in [-0.4, -0.2) is 57.1 Å². The number of nitrogens with zero attached hydrogens (tertiary/aromatic N) is 6. The Kier molecular flexibility index (Phi) is 4.77. The third-order valence-corrected chi connectivity index (χ3v) is 4.49. The number of anilines is 2. The summed E-state index contributed by atoms with van der Waals surface area (Å²) in [6, 6.07) is 0. The minimum absolute atomic E-state index is 0.0184. The highest BCUT2D eigenvalue weighted by atomic mass is 16.2. The summed E-state index contributed by atoms with van der Waals surface area (Å²) in [5, 5.41) is 3.28. The minimum atomic E-state index is -0.503. The summed E-state index contributed by atoms with van der Waals surface area (Å²) >= 11 is 0. The first-order chi connectivity index (χ1) is 12.4. The molecule has 2 aromatic rings. The van der Waals surface area contributed by atoms with E-state index < -0.39 is 11.8 Å². The summed E-state index contributed by atoms with van der Waals surface area (Å²) in [6.07, 6.45) is 0. The van der Waals surface area contributed by atoms with Gasteiger partial charge in [-0.2, -0.15) is 9.97 Å². The quantitative estimate of drug-likeness (QED) is 0.783. The fourth-order valence-corrected chi connectivity index (χ4v) is 3.25. The summed E-state index contributed by atoms with van der Waals surface area (Å²) in [5.74, 6) is -0.341. The molecule has 0 unspecified atom stereocenters. The maximum Gasteiger partial charge on any atom is 0.281 e. The summed E-state index contributed by atoms with van der Waals surface area (Å²) in [6.45, 7) is 8.26. The highest BCUT2D eigenvalue weighted by Gasteiger charge is 2.26. The van der Waals surface area contributed by atoms with Crippen molar-refractivity contribution in [3.05, 3.63) is 10.4 Å². The second kappa shape index (κ2) is 6.87. The molecule has 10 nitrogen and oxygen atoms in total. The van der Waals surface area contributed by atoms with Crippen LogP contribution >= 0.6 is 0 Å². The molecule has 0 saturated carbocycles. The largest absolute Gasteiger partial charge is 0.340 e. The molecule has 140 valence electrons. The smallest absolute Gasteiger partial charge is 0.281 e. The standard InChI is InChI=1S/C16H23N7O3/c1-5-22-12-13(19-16(22)21-8-6-17-7-9-21)18-15(20(4)14(12)26)23(10(2)24)11(3)25/h17H,5-9H2,1-4H3. The lowest BCUT2D eigenvalue weighted by atomic mass is 10.4. The number of aryl methyl sites for hydroxylation is 1. The molecule has 0 atom stereocenters. The average Bonchev–Trinajstić information content (AvgIpc) is 2.98. The Labute approximate surface area is 150 Å². The Balaban J connectivity index is 2.24. The molecule has 3 rings (SSSR count). The van der Waals surface area contributed by atoms with E-state index in [1.807, 2.05) is 11.5 Å². The number of carbonyl (C=O) groups excluding carboxylic acids is 2. The van der Waals surface area contributed by atoms with Crippen LogP contribution in [0.1, 0.15) is 20.8 Å². The molecular formula is C16H23N7O3. The molecule has 0 aromatic carbocycles. The Morgan fingerprint density at radius 1 is 1.15 bits per heavy atom. The third kappa shape index (κ3) is 2.85. The Bertz CT molecular complexity index is 910. The Morgan fingerprint density at radius 3 is 2.31 bits per heavy atom. The first-order valence-electron chi connectivity index (χ1n) is 8.61. The van der Waals surface area contributed by atoms with Gasteiger partial charge in [-0.05, 0) is 6.92 Å². The molecule has 1 fully saturated rings. The Morgan fingerprint density at radius 2 is 1.77 bits per heavy atom. The van der Waals surface area contributed by atoms with E-state index in [2.05, 4.69) is 20.2 Å². The van der Waals surface area contributed by atoms with Crippen molar-refractivity contribution in [3.63, 3.8) is 0 Å². The molecule has 1 N–H and O–H groups in total. The van der Waals surface area contributed by atoms with Gasteiger partial charge in [0, 0.05) is 53.6 Å². The topological polar surface area (TPSA) is 105 Å².